The van der Waals surface area contributed by atoms with E-state index in [9.17, 15) is 17.6 Å². The first kappa shape index (κ1) is 14.9. The van der Waals surface area contributed by atoms with Crippen molar-refractivity contribution in [1.82, 2.24) is 0 Å². The zero-order valence-corrected chi connectivity index (χ0v) is 11.4. The summed E-state index contributed by atoms with van der Waals surface area (Å²) in [6.45, 7) is 0.940. The minimum Gasteiger partial charge on any atom is -0.459 e. The van der Waals surface area contributed by atoms with Crippen molar-refractivity contribution in [3.63, 3.8) is 0 Å². The van der Waals surface area contributed by atoms with Crippen LogP contribution in [0.25, 0.3) is 0 Å². The van der Waals surface area contributed by atoms with Crippen LogP contribution in [0.15, 0.2) is 23.1 Å². The summed E-state index contributed by atoms with van der Waals surface area (Å²) in [7, 11) is -4.00. The molecular weight excluding hydrogens is 289 g/mol. The second-order valence-electron chi connectivity index (χ2n) is 4.40. The summed E-state index contributed by atoms with van der Waals surface area (Å²) in [6, 6.07) is 2.75. The molecule has 0 saturated carbocycles. The van der Waals surface area contributed by atoms with E-state index in [1.165, 1.54) is 0 Å². The smallest absolute Gasteiger partial charge is 0.341 e. The maximum atomic E-state index is 13.6. The molecule has 2 N–H and O–H groups in total. The Morgan fingerprint density at radius 3 is 2.60 bits per heavy atom. The monoisotopic (exact) mass is 303 g/mol. The van der Waals surface area contributed by atoms with E-state index in [1.807, 2.05) is 0 Å². The molecule has 0 unspecified atom stereocenters. The van der Waals surface area contributed by atoms with Crippen LogP contribution in [0.3, 0.4) is 0 Å². The fraction of sp³-hybridized carbons (Fsp3) is 0.417. The van der Waals surface area contributed by atoms with E-state index in [2.05, 4.69) is 0 Å². The molecule has 1 heterocycles. The molecule has 0 bridgehead atoms. The Morgan fingerprint density at radius 1 is 1.35 bits per heavy atom. The van der Waals surface area contributed by atoms with Crippen LogP contribution in [-0.4, -0.2) is 33.7 Å². The topological polar surface area (TPSA) is 95.7 Å². The Bertz CT molecular complexity index is 610. The molecule has 1 fully saturated rings. The SMILES string of the molecule is NS(=O)(=O)c1ccc(F)c(C(=O)OC2CCOCC2)c1. The van der Waals surface area contributed by atoms with Crippen LogP contribution in [0, 0.1) is 5.82 Å². The quantitative estimate of drug-likeness (QED) is 0.834. The predicted molar refractivity (Wildman–Crippen MR) is 67.0 cm³/mol. The van der Waals surface area contributed by atoms with Gasteiger partial charge >= 0.3 is 5.97 Å². The van der Waals surface area contributed by atoms with Gasteiger partial charge in [-0.3, -0.25) is 0 Å². The van der Waals surface area contributed by atoms with Gasteiger partial charge < -0.3 is 9.47 Å². The molecule has 1 aromatic rings. The van der Waals surface area contributed by atoms with Crippen LogP contribution in [0.4, 0.5) is 4.39 Å². The molecule has 8 heteroatoms. The number of carbonyl (C=O) groups is 1. The fourth-order valence-electron chi connectivity index (χ4n) is 1.85. The average molecular weight is 303 g/mol. The third-order valence-corrected chi connectivity index (χ3v) is 3.84. The molecule has 20 heavy (non-hydrogen) atoms. The van der Waals surface area contributed by atoms with Crippen LogP contribution in [0.2, 0.25) is 0 Å². The molecule has 1 aliphatic rings. The van der Waals surface area contributed by atoms with Crippen LogP contribution >= 0.6 is 0 Å². The molecule has 0 amide bonds. The van der Waals surface area contributed by atoms with E-state index >= 15 is 0 Å². The molecule has 0 spiro atoms. The van der Waals surface area contributed by atoms with E-state index in [-0.39, 0.29) is 11.0 Å². The molecule has 110 valence electrons. The van der Waals surface area contributed by atoms with Crippen molar-refractivity contribution in [2.24, 2.45) is 5.14 Å². The zero-order chi connectivity index (χ0) is 14.8. The second-order valence-corrected chi connectivity index (χ2v) is 5.97. The summed E-state index contributed by atoms with van der Waals surface area (Å²) >= 11 is 0. The molecule has 1 aliphatic heterocycles. The summed E-state index contributed by atoms with van der Waals surface area (Å²) in [5.74, 6) is -1.76. The molecule has 6 nitrogen and oxygen atoms in total. The molecule has 0 radical (unpaired) electrons. The number of hydrogen-bond acceptors (Lipinski definition) is 5. The van der Waals surface area contributed by atoms with Crippen LogP contribution in [0.1, 0.15) is 23.2 Å². The molecule has 2 rings (SSSR count). The second kappa shape index (κ2) is 5.86. The van der Waals surface area contributed by atoms with Gasteiger partial charge in [-0.2, -0.15) is 0 Å². The lowest BCUT2D eigenvalue weighted by Gasteiger charge is -2.22. The van der Waals surface area contributed by atoms with Gasteiger partial charge in [0.1, 0.15) is 11.9 Å². The minimum atomic E-state index is -4.00. The standard InChI is InChI=1S/C12H14FNO5S/c13-11-2-1-9(20(14,16)17)7-10(11)12(15)19-8-3-5-18-6-4-8/h1-2,7-8H,3-6H2,(H2,14,16,17). The Labute approximate surface area is 115 Å². The van der Waals surface area contributed by atoms with Gasteiger partial charge in [-0.25, -0.2) is 22.7 Å². The van der Waals surface area contributed by atoms with Gasteiger partial charge in [-0.15, -0.1) is 0 Å². The van der Waals surface area contributed by atoms with Crippen LogP contribution in [0.5, 0.6) is 0 Å². The third kappa shape index (κ3) is 3.53. The molecule has 0 aliphatic carbocycles. The molecule has 0 atom stereocenters. The van der Waals surface area contributed by atoms with Gasteiger partial charge in [0.05, 0.1) is 23.7 Å². The van der Waals surface area contributed by atoms with Gasteiger partial charge in [0.2, 0.25) is 10.0 Å². The van der Waals surface area contributed by atoms with Crippen LogP contribution in [-0.2, 0) is 19.5 Å². The summed E-state index contributed by atoms with van der Waals surface area (Å²) in [4.78, 5) is 11.5. The number of benzene rings is 1. The third-order valence-electron chi connectivity index (χ3n) is 2.93. The number of rotatable bonds is 3. The number of sulfonamides is 1. The highest BCUT2D eigenvalue weighted by molar-refractivity contribution is 7.89. The fourth-order valence-corrected chi connectivity index (χ4v) is 2.39. The number of primary sulfonamides is 1. The first-order valence-electron chi connectivity index (χ1n) is 5.99. The van der Waals surface area contributed by atoms with E-state index in [0.717, 1.165) is 18.2 Å². The van der Waals surface area contributed by atoms with Gasteiger partial charge in [0, 0.05) is 12.8 Å². The normalized spacial score (nSPS) is 16.9. The number of ether oxygens (including phenoxy) is 2. The highest BCUT2D eigenvalue weighted by atomic mass is 32.2. The lowest BCUT2D eigenvalue weighted by atomic mass is 10.1. The van der Waals surface area contributed by atoms with Crippen molar-refractivity contribution in [3.05, 3.63) is 29.6 Å². The lowest BCUT2D eigenvalue weighted by molar-refractivity contribution is -0.0162. The number of hydrogen-bond donors (Lipinski definition) is 1. The van der Waals surface area contributed by atoms with Gasteiger partial charge in [-0.1, -0.05) is 0 Å². The van der Waals surface area contributed by atoms with Crippen molar-refractivity contribution in [3.8, 4) is 0 Å². The Balaban J connectivity index is 2.20. The number of esters is 1. The summed E-state index contributed by atoms with van der Waals surface area (Å²) in [5.41, 5.74) is -0.442. The van der Waals surface area contributed by atoms with E-state index in [4.69, 9.17) is 14.6 Å². The lowest BCUT2D eigenvalue weighted by Crippen LogP contribution is -2.26. The highest BCUT2D eigenvalue weighted by Gasteiger charge is 2.22. The largest absolute Gasteiger partial charge is 0.459 e. The molecule has 1 saturated heterocycles. The van der Waals surface area contributed by atoms with E-state index in [0.29, 0.717) is 26.1 Å². The van der Waals surface area contributed by atoms with Crippen LogP contribution < -0.4 is 5.14 Å². The maximum Gasteiger partial charge on any atom is 0.341 e. The van der Waals surface area contributed by atoms with Crippen molar-refractivity contribution in [2.45, 2.75) is 23.8 Å². The van der Waals surface area contributed by atoms with E-state index < -0.39 is 27.4 Å². The zero-order valence-electron chi connectivity index (χ0n) is 10.5. The van der Waals surface area contributed by atoms with Crippen molar-refractivity contribution >= 4 is 16.0 Å². The molecule has 0 aromatic heterocycles. The molecular formula is C12H14FNO5S. The number of carbonyl (C=O) groups excluding carboxylic acids is 1. The van der Waals surface area contributed by atoms with Crippen molar-refractivity contribution in [2.75, 3.05) is 13.2 Å². The highest BCUT2D eigenvalue weighted by Crippen LogP contribution is 2.18. The minimum absolute atomic E-state index is 0.335. The molecule has 1 aromatic carbocycles. The summed E-state index contributed by atoms with van der Waals surface area (Å²) in [6.07, 6.45) is 0.707. The first-order chi connectivity index (χ1) is 9.38. The van der Waals surface area contributed by atoms with Gasteiger partial charge in [0.25, 0.3) is 0 Å². The maximum absolute atomic E-state index is 13.6. The number of nitrogens with two attached hydrogens (primary N) is 1. The first-order valence-corrected chi connectivity index (χ1v) is 7.53. The van der Waals surface area contributed by atoms with Crippen molar-refractivity contribution in [1.29, 1.82) is 0 Å². The number of halogens is 1. The Kier molecular flexibility index (Phi) is 4.36. The Morgan fingerprint density at radius 2 is 2.00 bits per heavy atom. The van der Waals surface area contributed by atoms with Crippen molar-refractivity contribution < 1.29 is 27.1 Å². The average Bonchev–Trinajstić information content (AvgIpc) is 2.39. The summed E-state index contributed by atoms with van der Waals surface area (Å²) < 4.78 is 46.2. The predicted octanol–water partition coefficient (Wildman–Crippen LogP) is 0.809. The van der Waals surface area contributed by atoms with Gasteiger partial charge in [0.15, 0.2) is 0 Å². The van der Waals surface area contributed by atoms with E-state index in [1.54, 1.807) is 0 Å². The van der Waals surface area contributed by atoms with Gasteiger partial charge in [-0.05, 0) is 18.2 Å². The summed E-state index contributed by atoms with van der Waals surface area (Å²) in [5, 5.41) is 4.94. The Hall–Kier alpha value is -1.51.